The molecule has 3 N–H and O–H groups in total. The van der Waals surface area contributed by atoms with Gasteiger partial charge in [-0.25, -0.2) is 4.79 Å². The number of piperidine rings is 2. The lowest BCUT2D eigenvalue weighted by atomic mass is 9.92. The number of carboxylic acids is 1. The second-order valence-electron chi connectivity index (χ2n) is 9.55. The molecule has 2 aliphatic rings. The molecule has 1 aromatic carbocycles. The van der Waals surface area contributed by atoms with Crippen molar-refractivity contribution in [3.8, 4) is 5.75 Å². The van der Waals surface area contributed by atoms with Gasteiger partial charge in [0, 0.05) is 19.5 Å². The second kappa shape index (κ2) is 13.3. The van der Waals surface area contributed by atoms with E-state index < -0.39 is 12.0 Å². The van der Waals surface area contributed by atoms with Crippen molar-refractivity contribution in [3.63, 3.8) is 0 Å². The molecule has 2 fully saturated rings. The fraction of sp³-hybridized carbons (Fsp3) is 0.654. The van der Waals surface area contributed by atoms with Crippen molar-refractivity contribution in [1.29, 1.82) is 0 Å². The number of ether oxygens (including phenoxy) is 1. The van der Waals surface area contributed by atoms with Gasteiger partial charge in [-0.2, -0.15) is 0 Å². The molecule has 0 unspecified atom stereocenters. The summed E-state index contributed by atoms with van der Waals surface area (Å²) < 4.78 is 5.23. The van der Waals surface area contributed by atoms with E-state index in [-0.39, 0.29) is 17.7 Å². The lowest BCUT2D eigenvalue weighted by Gasteiger charge is -2.33. The minimum Gasteiger partial charge on any atom is -0.497 e. The molecule has 188 valence electrons. The molecule has 0 aliphatic carbocycles. The molecule has 8 heteroatoms. The first-order valence-corrected chi connectivity index (χ1v) is 12.6. The number of hydrogen-bond acceptors (Lipinski definition) is 5. The molecule has 3 rings (SSSR count). The quantitative estimate of drug-likeness (QED) is 0.456. The fourth-order valence-corrected chi connectivity index (χ4v) is 4.96. The molecular formula is C26H39N3O5. The highest BCUT2D eigenvalue weighted by Crippen LogP contribution is 2.22. The van der Waals surface area contributed by atoms with Gasteiger partial charge < -0.3 is 25.4 Å². The third-order valence-electron chi connectivity index (χ3n) is 7.08. The van der Waals surface area contributed by atoms with Crippen molar-refractivity contribution >= 4 is 17.8 Å². The van der Waals surface area contributed by atoms with E-state index in [1.807, 2.05) is 24.3 Å². The van der Waals surface area contributed by atoms with Crippen LogP contribution < -0.4 is 15.4 Å². The smallest absolute Gasteiger partial charge is 0.326 e. The predicted octanol–water partition coefficient (Wildman–Crippen LogP) is 2.61. The molecule has 2 saturated heterocycles. The van der Waals surface area contributed by atoms with Crippen molar-refractivity contribution in [2.75, 3.05) is 33.3 Å². The Morgan fingerprint density at radius 2 is 2.03 bits per heavy atom. The van der Waals surface area contributed by atoms with Crippen molar-refractivity contribution < 1.29 is 24.2 Å². The normalized spacial score (nSPS) is 19.9. The van der Waals surface area contributed by atoms with Gasteiger partial charge in [0.1, 0.15) is 11.8 Å². The molecule has 2 amide bonds. The van der Waals surface area contributed by atoms with Gasteiger partial charge in [0.25, 0.3) is 0 Å². The Balaban J connectivity index is 1.44. The number of aryl methyl sites for hydroxylation is 1. The first kappa shape index (κ1) is 26.0. The summed E-state index contributed by atoms with van der Waals surface area (Å²) in [6, 6.07) is 6.77. The van der Waals surface area contributed by atoms with E-state index in [0.717, 1.165) is 50.1 Å². The van der Waals surface area contributed by atoms with Crippen molar-refractivity contribution in [1.82, 2.24) is 15.5 Å². The first-order chi connectivity index (χ1) is 16.5. The zero-order valence-electron chi connectivity index (χ0n) is 20.3. The third kappa shape index (κ3) is 8.01. The standard InChI is InChI=1S/C26H39N3O5/c1-34-22-8-2-5-20(17-22)6-3-9-23(26(32)33)28-25(31)21-7-4-16-29(18-21)24(30)11-10-19-12-14-27-15-13-19/h2,5,8,17,19,21,23,27H,3-4,6-7,9-16,18H2,1H3,(H,28,31)(H,32,33)/t21-,23+/m1/s1. The minimum absolute atomic E-state index is 0.115. The van der Waals surface area contributed by atoms with Crippen LogP contribution in [0.1, 0.15) is 56.9 Å². The van der Waals surface area contributed by atoms with Crippen molar-refractivity contribution in [2.24, 2.45) is 11.8 Å². The monoisotopic (exact) mass is 473 g/mol. The van der Waals surface area contributed by atoms with Crippen LogP contribution in [0.4, 0.5) is 0 Å². The van der Waals surface area contributed by atoms with Crippen LogP contribution in [-0.4, -0.2) is 67.1 Å². The highest BCUT2D eigenvalue weighted by atomic mass is 16.5. The van der Waals surface area contributed by atoms with Crippen molar-refractivity contribution in [2.45, 2.75) is 63.8 Å². The number of likely N-dealkylation sites (tertiary alicyclic amines) is 1. The average Bonchev–Trinajstić information content (AvgIpc) is 2.87. The number of amides is 2. The average molecular weight is 474 g/mol. The molecule has 0 spiro atoms. The summed E-state index contributed by atoms with van der Waals surface area (Å²) in [6.07, 6.45) is 6.81. The van der Waals surface area contributed by atoms with E-state index in [4.69, 9.17) is 4.74 Å². The summed E-state index contributed by atoms with van der Waals surface area (Å²) in [5, 5.41) is 15.7. The van der Waals surface area contributed by atoms with Gasteiger partial charge in [0.15, 0.2) is 0 Å². The zero-order valence-corrected chi connectivity index (χ0v) is 20.3. The van der Waals surface area contributed by atoms with Gasteiger partial charge in [-0.15, -0.1) is 0 Å². The predicted molar refractivity (Wildman–Crippen MR) is 130 cm³/mol. The number of carboxylic acid groups (broad SMARTS) is 1. The van der Waals surface area contributed by atoms with Crippen LogP contribution in [0.5, 0.6) is 5.75 Å². The van der Waals surface area contributed by atoms with E-state index in [9.17, 15) is 19.5 Å². The molecule has 1 aromatic rings. The molecule has 0 saturated carbocycles. The second-order valence-corrected chi connectivity index (χ2v) is 9.55. The lowest BCUT2D eigenvalue weighted by molar-refractivity contribution is -0.144. The van der Waals surface area contributed by atoms with Crippen molar-refractivity contribution in [3.05, 3.63) is 29.8 Å². The number of nitrogens with one attached hydrogen (secondary N) is 2. The van der Waals surface area contributed by atoms with E-state index in [1.54, 1.807) is 12.0 Å². The Labute approximate surface area is 202 Å². The van der Waals surface area contributed by atoms with Crippen LogP contribution >= 0.6 is 0 Å². The Kier molecular flexibility index (Phi) is 10.2. The van der Waals surface area contributed by atoms with Crippen LogP contribution in [0, 0.1) is 11.8 Å². The van der Waals surface area contributed by atoms with Gasteiger partial charge in [-0.1, -0.05) is 12.1 Å². The fourth-order valence-electron chi connectivity index (χ4n) is 4.96. The largest absolute Gasteiger partial charge is 0.497 e. The highest BCUT2D eigenvalue weighted by Gasteiger charge is 2.31. The maximum absolute atomic E-state index is 12.9. The maximum Gasteiger partial charge on any atom is 0.326 e. The molecule has 0 bridgehead atoms. The van der Waals surface area contributed by atoms with E-state index >= 15 is 0 Å². The number of benzene rings is 1. The Hall–Kier alpha value is -2.61. The van der Waals surface area contributed by atoms with Gasteiger partial charge in [-0.05, 0) is 88.1 Å². The molecule has 34 heavy (non-hydrogen) atoms. The van der Waals surface area contributed by atoms with Gasteiger partial charge >= 0.3 is 5.97 Å². The van der Waals surface area contributed by atoms with Gasteiger partial charge in [0.2, 0.25) is 11.8 Å². The lowest BCUT2D eigenvalue weighted by Crippen LogP contribution is -2.49. The molecular weight excluding hydrogens is 434 g/mol. The Morgan fingerprint density at radius 1 is 1.24 bits per heavy atom. The van der Waals surface area contributed by atoms with Gasteiger partial charge in [0.05, 0.1) is 13.0 Å². The number of aliphatic carboxylic acids is 1. The number of nitrogens with zero attached hydrogens (tertiary/aromatic N) is 1. The van der Waals surface area contributed by atoms with Crippen LogP contribution in [0.15, 0.2) is 24.3 Å². The molecule has 8 nitrogen and oxygen atoms in total. The maximum atomic E-state index is 12.9. The van der Waals surface area contributed by atoms with E-state index in [2.05, 4.69) is 10.6 Å². The summed E-state index contributed by atoms with van der Waals surface area (Å²) in [5.41, 5.74) is 1.07. The molecule has 2 atom stereocenters. The number of carbonyl (C=O) groups excluding carboxylic acids is 2. The minimum atomic E-state index is -1.02. The summed E-state index contributed by atoms with van der Waals surface area (Å²) >= 11 is 0. The van der Waals surface area contributed by atoms with Crippen LogP contribution in [-0.2, 0) is 20.8 Å². The number of carbonyl (C=O) groups is 3. The highest BCUT2D eigenvalue weighted by molar-refractivity contribution is 5.86. The van der Waals surface area contributed by atoms with Crippen LogP contribution in [0.2, 0.25) is 0 Å². The Bertz CT molecular complexity index is 824. The number of methoxy groups -OCH3 is 1. The van der Waals surface area contributed by atoms with Crippen LogP contribution in [0.25, 0.3) is 0 Å². The molecule has 0 radical (unpaired) electrons. The molecule has 0 aromatic heterocycles. The molecule has 2 aliphatic heterocycles. The van der Waals surface area contributed by atoms with Gasteiger partial charge in [-0.3, -0.25) is 9.59 Å². The summed E-state index contributed by atoms with van der Waals surface area (Å²) in [6.45, 7) is 3.11. The van der Waals surface area contributed by atoms with E-state index in [0.29, 0.717) is 51.1 Å². The SMILES string of the molecule is COc1cccc(CCC[C@H](NC(=O)[C@@H]2CCCN(C(=O)CCC3CCNCC3)C2)C(=O)O)c1. The summed E-state index contributed by atoms with van der Waals surface area (Å²) in [4.78, 5) is 39.2. The Morgan fingerprint density at radius 3 is 2.76 bits per heavy atom. The first-order valence-electron chi connectivity index (χ1n) is 12.6. The summed E-state index contributed by atoms with van der Waals surface area (Å²) in [7, 11) is 1.61. The molecule has 2 heterocycles. The topological polar surface area (TPSA) is 108 Å². The number of rotatable bonds is 11. The van der Waals surface area contributed by atoms with Crippen LogP contribution in [0.3, 0.4) is 0 Å². The number of hydrogen-bond donors (Lipinski definition) is 3. The zero-order chi connectivity index (χ0) is 24.3. The van der Waals surface area contributed by atoms with E-state index in [1.165, 1.54) is 0 Å². The summed E-state index contributed by atoms with van der Waals surface area (Å²) in [5.74, 6) is -0.148. The third-order valence-corrected chi connectivity index (χ3v) is 7.08.